The monoisotopic (exact) mass is 654 g/mol. The number of amides is 2. The molecule has 0 radical (unpaired) electrons. The van der Waals surface area contributed by atoms with Crippen LogP contribution in [0.1, 0.15) is 62.1 Å². The summed E-state index contributed by atoms with van der Waals surface area (Å²) in [6, 6.07) is 32.8. The molecule has 4 heterocycles. The van der Waals surface area contributed by atoms with Crippen LogP contribution in [0.4, 0.5) is 22.7 Å². The first-order chi connectivity index (χ1) is 24.3. The summed E-state index contributed by atoms with van der Waals surface area (Å²) in [6.45, 7) is 0. The second kappa shape index (κ2) is 10.7. The smallest absolute Gasteiger partial charge is 0.263 e. The van der Waals surface area contributed by atoms with Gasteiger partial charge in [-0.2, -0.15) is 0 Å². The van der Waals surface area contributed by atoms with Gasteiger partial charge >= 0.3 is 0 Å². The van der Waals surface area contributed by atoms with Gasteiger partial charge in [0.25, 0.3) is 11.8 Å². The standard InChI is InChI=1S/C40H22N4O6/c45-35-23-9-1-5-13-27(23)41-31(35)33-37(47)25-11-3-7-15-29(25)43(33)39(49)21-17-19-22(20-18-21)40(50)44-30-16-8-4-12-26(30)38(48)34(44)32-36(46)24-10-2-6-14-28(24)42-32/h1-20,41-42H. The minimum atomic E-state index is -0.585. The van der Waals surface area contributed by atoms with Gasteiger partial charge in [0.05, 0.1) is 11.4 Å². The van der Waals surface area contributed by atoms with Crippen LogP contribution in [-0.2, 0) is 0 Å². The van der Waals surface area contributed by atoms with E-state index in [1.807, 2.05) is 0 Å². The van der Waals surface area contributed by atoms with Crippen LogP contribution in [0.2, 0.25) is 0 Å². The van der Waals surface area contributed by atoms with Gasteiger partial charge in [-0.15, -0.1) is 0 Å². The zero-order chi connectivity index (χ0) is 34.3. The van der Waals surface area contributed by atoms with Crippen LogP contribution in [0, 0.1) is 0 Å². The van der Waals surface area contributed by atoms with E-state index in [1.165, 1.54) is 34.1 Å². The molecule has 5 aromatic rings. The van der Waals surface area contributed by atoms with Crippen molar-refractivity contribution in [1.82, 2.24) is 0 Å². The predicted octanol–water partition coefficient (Wildman–Crippen LogP) is 6.41. The molecule has 0 saturated heterocycles. The lowest BCUT2D eigenvalue weighted by molar-refractivity contribution is 0.0964. The number of benzene rings is 5. The largest absolute Gasteiger partial charge is 0.350 e. The first-order valence-electron chi connectivity index (χ1n) is 15.7. The number of allylic oxidation sites excluding steroid dienone is 4. The number of rotatable bonds is 2. The van der Waals surface area contributed by atoms with E-state index in [0.717, 1.165) is 0 Å². The molecule has 0 unspecified atom stereocenters. The number of ketones is 4. The van der Waals surface area contributed by atoms with Crippen molar-refractivity contribution in [2.75, 3.05) is 20.4 Å². The molecule has 238 valence electrons. The SMILES string of the molecule is O=C1C(=C2C(=O)c3ccccc3N2C(=O)c2ccc(C(=O)N3C(=C4Nc5ccccc5C4=O)C(=O)c4ccccc43)cc2)Nc2ccccc21. The minimum Gasteiger partial charge on any atom is -0.350 e. The molecule has 0 aromatic heterocycles. The molecule has 9 rings (SSSR count). The third-order valence-corrected chi connectivity index (χ3v) is 9.23. The summed E-state index contributed by atoms with van der Waals surface area (Å²) in [5.74, 6) is -2.92. The highest BCUT2D eigenvalue weighted by molar-refractivity contribution is 6.34. The molecule has 0 spiro atoms. The fourth-order valence-electron chi connectivity index (χ4n) is 6.87. The van der Waals surface area contributed by atoms with Gasteiger partial charge < -0.3 is 10.6 Å². The minimum absolute atomic E-state index is 0.00250. The van der Waals surface area contributed by atoms with Crippen molar-refractivity contribution in [2.45, 2.75) is 0 Å². The van der Waals surface area contributed by atoms with E-state index in [9.17, 15) is 28.8 Å². The molecule has 0 atom stereocenters. The van der Waals surface area contributed by atoms with Gasteiger partial charge in [0.1, 0.15) is 22.8 Å². The summed E-state index contributed by atoms with van der Waals surface area (Å²) in [5, 5.41) is 6.07. The Morgan fingerprint density at radius 1 is 0.400 bits per heavy atom. The van der Waals surface area contributed by atoms with E-state index in [1.54, 1.807) is 97.1 Å². The molecule has 4 aliphatic heterocycles. The molecule has 0 aliphatic carbocycles. The third kappa shape index (κ3) is 4.02. The van der Waals surface area contributed by atoms with Crippen LogP contribution in [0.3, 0.4) is 0 Å². The van der Waals surface area contributed by atoms with Crippen molar-refractivity contribution in [3.8, 4) is 0 Å². The number of carbonyl (C=O) groups excluding carboxylic acids is 6. The third-order valence-electron chi connectivity index (χ3n) is 9.23. The average Bonchev–Trinajstić information content (AvgIpc) is 3.85. The molecule has 2 amide bonds. The van der Waals surface area contributed by atoms with Gasteiger partial charge in [0.2, 0.25) is 23.1 Å². The Labute approximate surface area is 283 Å². The van der Waals surface area contributed by atoms with Gasteiger partial charge in [-0.25, -0.2) is 0 Å². The van der Waals surface area contributed by atoms with E-state index < -0.39 is 34.9 Å². The fourth-order valence-corrected chi connectivity index (χ4v) is 6.87. The van der Waals surface area contributed by atoms with Crippen molar-refractivity contribution < 1.29 is 28.8 Å². The second-order valence-corrected chi connectivity index (χ2v) is 12.0. The van der Waals surface area contributed by atoms with Gasteiger partial charge in [0.15, 0.2) is 0 Å². The number of para-hydroxylation sites is 4. The molecule has 50 heavy (non-hydrogen) atoms. The maximum absolute atomic E-state index is 14.2. The van der Waals surface area contributed by atoms with Crippen molar-refractivity contribution >= 4 is 57.7 Å². The molecular weight excluding hydrogens is 632 g/mol. The lowest BCUT2D eigenvalue weighted by Gasteiger charge is -2.21. The Bertz CT molecular complexity index is 2340. The number of nitrogens with zero attached hydrogens (tertiary/aromatic N) is 2. The summed E-state index contributed by atoms with van der Waals surface area (Å²) in [5.41, 5.74) is 3.18. The van der Waals surface area contributed by atoms with Crippen LogP contribution in [0.15, 0.2) is 144 Å². The number of Topliss-reactive ketones (excluding diaryl/α,β-unsaturated/α-hetero) is 4. The first-order valence-corrected chi connectivity index (χ1v) is 15.7. The molecule has 4 aliphatic rings. The van der Waals surface area contributed by atoms with Crippen LogP contribution in [-0.4, -0.2) is 34.9 Å². The zero-order valence-electron chi connectivity index (χ0n) is 25.9. The Balaban J connectivity index is 1.09. The van der Waals surface area contributed by atoms with E-state index in [0.29, 0.717) is 33.9 Å². The van der Waals surface area contributed by atoms with E-state index in [2.05, 4.69) is 10.6 Å². The Morgan fingerprint density at radius 2 is 0.740 bits per heavy atom. The van der Waals surface area contributed by atoms with E-state index in [4.69, 9.17) is 0 Å². The predicted molar refractivity (Wildman–Crippen MR) is 184 cm³/mol. The fraction of sp³-hybridized carbons (Fsp3) is 0. The average molecular weight is 655 g/mol. The Hall–Kier alpha value is -7.20. The van der Waals surface area contributed by atoms with Crippen molar-refractivity contribution in [2.24, 2.45) is 0 Å². The van der Waals surface area contributed by atoms with Crippen molar-refractivity contribution in [3.05, 3.63) is 177 Å². The quantitative estimate of drug-likeness (QED) is 0.209. The topological polar surface area (TPSA) is 133 Å². The summed E-state index contributed by atoms with van der Waals surface area (Å²) in [6.07, 6.45) is 0. The van der Waals surface area contributed by atoms with Gasteiger partial charge in [0, 0.05) is 44.8 Å². The van der Waals surface area contributed by atoms with Crippen LogP contribution in [0.25, 0.3) is 0 Å². The second-order valence-electron chi connectivity index (χ2n) is 12.0. The van der Waals surface area contributed by atoms with Crippen molar-refractivity contribution in [1.29, 1.82) is 0 Å². The van der Waals surface area contributed by atoms with Crippen LogP contribution >= 0.6 is 0 Å². The molecule has 5 aromatic carbocycles. The molecule has 0 saturated carbocycles. The number of anilines is 4. The number of fused-ring (bicyclic) bond motifs is 4. The van der Waals surface area contributed by atoms with E-state index in [-0.39, 0.29) is 45.0 Å². The Morgan fingerprint density at radius 3 is 1.12 bits per heavy atom. The lowest BCUT2D eigenvalue weighted by Crippen LogP contribution is -2.32. The highest BCUT2D eigenvalue weighted by Gasteiger charge is 2.44. The number of hydrogen-bond acceptors (Lipinski definition) is 8. The highest BCUT2D eigenvalue weighted by atomic mass is 16.2. The molecule has 0 fully saturated rings. The Kier molecular flexibility index (Phi) is 6.18. The van der Waals surface area contributed by atoms with Crippen LogP contribution in [0.5, 0.6) is 0 Å². The molecule has 10 nitrogen and oxygen atoms in total. The van der Waals surface area contributed by atoms with Gasteiger partial charge in [-0.3, -0.25) is 38.6 Å². The molecule has 2 N–H and O–H groups in total. The maximum Gasteiger partial charge on any atom is 0.263 e. The summed E-state index contributed by atoms with van der Waals surface area (Å²) < 4.78 is 0. The van der Waals surface area contributed by atoms with Gasteiger partial charge in [-0.1, -0.05) is 48.5 Å². The zero-order valence-corrected chi connectivity index (χ0v) is 25.9. The lowest BCUT2D eigenvalue weighted by atomic mass is 10.1. The summed E-state index contributed by atoms with van der Waals surface area (Å²) >= 11 is 0. The van der Waals surface area contributed by atoms with E-state index >= 15 is 0 Å². The normalized spacial score (nSPS) is 18.5. The van der Waals surface area contributed by atoms with Crippen molar-refractivity contribution in [3.63, 3.8) is 0 Å². The number of carbonyl (C=O) groups is 6. The summed E-state index contributed by atoms with van der Waals surface area (Å²) in [4.78, 5) is 85.2. The van der Waals surface area contributed by atoms with Gasteiger partial charge in [-0.05, 0) is 72.8 Å². The maximum atomic E-state index is 14.2. The summed E-state index contributed by atoms with van der Waals surface area (Å²) in [7, 11) is 0. The number of hydrogen-bond donors (Lipinski definition) is 2. The molecule has 0 bridgehead atoms. The molecule has 10 heteroatoms. The highest BCUT2D eigenvalue weighted by Crippen LogP contribution is 2.42. The number of nitrogens with one attached hydrogen (secondary N) is 2. The molecular formula is C40H22N4O6. The first kappa shape index (κ1) is 29.0. The van der Waals surface area contributed by atoms with Crippen LogP contribution < -0.4 is 20.4 Å².